The third-order valence-corrected chi connectivity index (χ3v) is 2.38. The fraction of sp³-hybridized carbons (Fsp3) is 0.400. The Morgan fingerprint density at radius 2 is 1.94 bits per heavy atom. The van der Waals surface area contributed by atoms with Crippen LogP contribution in [-0.2, 0) is 0 Å². The van der Waals surface area contributed by atoms with Gasteiger partial charge in [0.1, 0.15) is 5.75 Å². The van der Waals surface area contributed by atoms with Gasteiger partial charge in [-0.1, -0.05) is 17.7 Å². The number of rotatable bonds is 3. The molecule has 18 heavy (non-hydrogen) atoms. The quantitative estimate of drug-likeness (QED) is 0.902. The predicted octanol–water partition coefficient (Wildman–Crippen LogP) is 3.04. The van der Waals surface area contributed by atoms with E-state index >= 15 is 0 Å². The second-order valence-corrected chi connectivity index (χ2v) is 3.91. The number of alkyl halides is 3. The standard InChI is InChI=1S/C10H11ClF3NO2.ClH/c1-5(16)9(15)6-2-3-8(7(11)4-6)17-10(12,13)14;/h2-5,9,16H,15H2,1H3;1H/t5-,9-;/m0./s1. The van der Waals surface area contributed by atoms with Crippen LogP contribution in [0.5, 0.6) is 5.75 Å². The monoisotopic (exact) mass is 305 g/mol. The first-order valence-corrected chi connectivity index (χ1v) is 5.07. The van der Waals surface area contributed by atoms with Crippen molar-refractivity contribution in [3.05, 3.63) is 28.8 Å². The molecule has 104 valence electrons. The summed E-state index contributed by atoms with van der Waals surface area (Å²) < 4.78 is 39.6. The molecule has 3 N–H and O–H groups in total. The lowest BCUT2D eigenvalue weighted by Crippen LogP contribution is -2.23. The highest BCUT2D eigenvalue weighted by Crippen LogP contribution is 2.32. The zero-order chi connectivity index (χ0) is 13.2. The van der Waals surface area contributed by atoms with Gasteiger partial charge in [0, 0.05) is 0 Å². The lowest BCUT2D eigenvalue weighted by molar-refractivity contribution is -0.274. The van der Waals surface area contributed by atoms with Gasteiger partial charge in [0.2, 0.25) is 0 Å². The summed E-state index contributed by atoms with van der Waals surface area (Å²) in [5, 5.41) is 9.03. The van der Waals surface area contributed by atoms with Gasteiger partial charge in [-0.3, -0.25) is 0 Å². The van der Waals surface area contributed by atoms with Crippen molar-refractivity contribution in [1.29, 1.82) is 0 Å². The zero-order valence-corrected chi connectivity index (χ0v) is 10.8. The fourth-order valence-corrected chi connectivity index (χ4v) is 1.44. The van der Waals surface area contributed by atoms with Gasteiger partial charge in [0.15, 0.2) is 0 Å². The Bertz CT molecular complexity index is 399. The molecule has 1 rings (SSSR count). The van der Waals surface area contributed by atoms with E-state index in [1.54, 1.807) is 0 Å². The van der Waals surface area contributed by atoms with Crippen molar-refractivity contribution in [2.24, 2.45) is 5.73 Å². The van der Waals surface area contributed by atoms with Gasteiger partial charge >= 0.3 is 6.36 Å². The topological polar surface area (TPSA) is 55.5 Å². The smallest absolute Gasteiger partial charge is 0.404 e. The van der Waals surface area contributed by atoms with E-state index in [1.807, 2.05) is 0 Å². The Hall–Kier alpha value is -0.690. The maximum Gasteiger partial charge on any atom is 0.573 e. The molecule has 3 nitrogen and oxygen atoms in total. The second-order valence-electron chi connectivity index (χ2n) is 3.50. The molecule has 0 saturated heterocycles. The van der Waals surface area contributed by atoms with Crippen molar-refractivity contribution in [3.8, 4) is 5.75 Å². The van der Waals surface area contributed by atoms with E-state index in [9.17, 15) is 18.3 Å². The summed E-state index contributed by atoms with van der Waals surface area (Å²) in [7, 11) is 0. The summed E-state index contributed by atoms with van der Waals surface area (Å²) >= 11 is 5.62. The highest BCUT2D eigenvalue weighted by atomic mass is 35.5. The molecule has 0 spiro atoms. The summed E-state index contributed by atoms with van der Waals surface area (Å²) in [5.41, 5.74) is 6.04. The van der Waals surface area contributed by atoms with Crippen molar-refractivity contribution >= 4 is 24.0 Å². The SMILES string of the molecule is C[C@H](O)[C@H](N)c1ccc(OC(F)(F)F)c(Cl)c1.Cl. The Labute approximate surface area is 113 Å². The van der Waals surface area contributed by atoms with E-state index in [1.165, 1.54) is 19.1 Å². The van der Waals surface area contributed by atoms with Gasteiger partial charge in [-0.25, -0.2) is 0 Å². The van der Waals surface area contributed by atoms with Crippen LogP contribution < -0.4 is 10.5 Å². The predicted molar refractivity (Wildman–Crippen MR) is 64.0 cm³/mol. The fourth-order valence-electron chi connectivity index (χ4n) is 1.21. The molecular weight excluding hydrogens is 294 g/mol. The molecule has 0 radical (unpaired) electrons. The number of hydrogen-bond acceptors (Lipinski definition) is 3. The van der Waals surface area contributed by atoms with Crippen molar-refractivity contribution in [2.45, 2.75) is 25.4 Å². The van der Waals surface area contributed by atoms with Crippen molar-refractivity contribution in [2.75, 3.05) is 0 Å². The van der Waals surface area contributed by atoms with Gasteiger partial charge in [-0.05, 0) is 24.6 Å². The van der Waals surface area contributed by atoms with Crippen LogP contribution in [0.2, 0.25) is 5.02 Å². The Kier molecular flexibility index (Phi) is 6.22. The maximum absolute atomic E-state index is 12.0. The molecule has 0 aliphatic heterocycles. The molecule has 0 unspecified atom stereocenters. The highest BCUT2D eigenvalue weighted by Gasteiger charge is 2.32. The van der Waals surface area contributed by atoms with Crippen LogP contribution in [-0.4, -0.2) is 17.6 Å². The van der Waals surface area contributed by atoms with Crippen LogP contribution in [0.1, 0.15) is 18.5 Å². The summed E-state index contributed by atoms with van der Waals surface area (Å²) in [6, 6.07) is 2.91. The van der Waals surface area contributed by atoms with E-state index in [4.69, 9.17) is 17.3 Å². The number of benzene rings is 1. The van der Waals surface area contributed by atoms with Crippen LogP contribution >= 0.6 is 24.0 Å². The average Bonchev–Trinajstić information content (AvgIpc) is 2.18. The molecule has 1 aromatic carbocycles. The first kappa shape index (κ1) is 17.3. The molecule has 0 aromatic heterocycles. The Balaban J connectivity index is 0.00000289. The minimum Gasteiger partial charge on any atom is -0.404 e. The van der Waals surface area contributed by atoms with Gasteiger partial charge < -0.3 is 15.6 Å². The average molecular weight is 306 g/mol. The first-order valence-electron chi connectivity index (χ1n) is 4.69. The van der Waals surface area contributed by atoms with E-state index < -0.39 is 24.3 Å². The lowest BCUT2D eigenvalue weighted by atomic mass is 10.0. The molecule has 1 aromatic rings. The van der Waals surface area contributed by atoms with Gasteiger partial charge in [-0.15, -0.1) is 25.6 Å². The lowest BCUT2D eigenvalue weighted by Gasteiger charge is -2.17. The summed E-state index contributed by atoms with van der Waals surface area (Å²) in [6.45, 7) is 1.47. The largest absolute Gasteiger partial charge is 0.573 e. The van der Waals surface area contributed by atoms with Gasteiger partial charge in [0.05, 0.1) is 17.2 Å². The number of halogens is 5. The second kappa shape index (κ2) is 6.47. The summed E-state index contributed by atoms with van der Waals surface area (Å²) in [6.07, 6.45) is -5.63. The number of hydrogen-bond donors (Lipinski definition) is 2. The normalized spacial score (nSPS) is 14.6. The molecular formula is C10H12Cl2F3NO2. The molecule has 2 atom stereocenters. The molecule has 0 aliphatic carbocycles. The van der Waals surface area contributed by atoms with Crippen LogP contribution in [0.4, 0.5) is 13.2 Å². The van der Waals surface area contributed by atoms with Crippen molar-refractivity contribution in [3.63, 3.8) is 0 Å². The van der Waals surface area contributed by atoms with Crippen LogP contribution in [0.3, 0.4) is 0 Å². The summed E-state index contributed by atoms with van der Waals surface area (Å²) in [5.74, 6) is -0.499. The molecule has 0 aliphatic rings. The molecule has 0 fully saturated rings. The number of ether oxygens (including phenoxy) is 1. The molecule has 8 heteroatoms. The minimum atomic E-state index is -4.79. The minimum absolute atomic E-state index is 0. The number of nitrogens with two attached hydrogens (primary N) is 1. The molecule has 0 bridgehead atoms. The number of aliphatic hydroxyl groups excluding tert-OH is 1. The molecule has 0 heterocycles. The zero-order valence-electron chi connectivity index (χ0n) is 9.24. The van der Waals surface area contributed by atoms with Crippen molar-refractivity contribution in [1.82, 2.24) is 0 Å². The van der Waals surface area contributed by atoms with Gasteiger partial charge in [0.25, 0.3) is 0 Å². The van der Waals surface area contributed by atoms with E-state index in [0.29, 0.717) is 5.56 Å². The van der Waals surface area contributed by atoms with Gasteiger partial charge in [-0.2, -0.15) is 0 Å². The van der Waals surface area contributed by atoms with Crippen LogP contribution in [0, 0.1) is 0 Å². The Morgan fingerprint density at radius 3 is 2.33 bits per heavy atom. The molecule has 0 saturated carbocycles. The van der Waals surface area contributed by atoms with Crippen molar-refractivity contribution < 1.29 is 23.0 Å². The van der Waals surface area contributed by atoms with Crippen LogP contribution in [0.25, 0.3) is 0 Å². The Morgan fingerprint density at radius 1 is 1.39 bits per heavy atom. The number of aliphatic hydroxyl groups is 1. The first-order chi connectivity index (χ1) is 7.70. The maximum atomic E-state index is 12.0. The van der Waals surface area contributed by atoms with E-state index in [2.05, 4.69) is 4.74 Å². The van der Waals surface area contributed by atoms with Crippen LogP contribution in [0.15, 0.2) is 18.2 Å². The van der Waals surface area contributed by atoms with E-state index in [-0.39, 0.29) is 17.4 Å². The third kappa shape index (κ3) is 4.89. The third-order valence-electron chi connectivity index (χ3n) is 2.09. The van der Waals surface area contributed by atoms with E-state index in [0.717, 1.165) is 6.07 Å². The highest BCUT2D eigenvalue weighted by molar-refractivity contribution is 6.32. The summed E-state index contributed by atoms with van der Waals surface area (Å²) in [4.78, 5) is 0. The molecule has 0 amide bonds.